The fourth-order valence-electron chi connectivity index (χ4n) is 3.68. The van der Waals surface area contributed by atoms with Crippen LogP contribution in [0.4, 0.5) is 20.7 Å². The van der Waals surface area contributed by atoms with Crippen molar-refractivity contribution in [3.05, 3.63) is 90.1 Å². The molecule has 2 N–H and O–H groups in total. The first-order valence-corrected chi connectivity index (χ1v) is 11.1. The van der Waals surface area contributed by atoms with E-state index in [1.54, 1.807) is 35.3 Å². The van der Waals surface area contributed by atoms with E-state index in [1.165, 1.54) is 12.1 Å². The van der Waals surface area contributed by atoms with E-state index in [-0.39, 0.29) is 11.1 Å². The molecule has 0 unspecified atom stereocenters. The van der Waals surface area contributed by atoms with Crippen molar-refractivity contribution in [2.24, 2.45) is 0 Å². The van der Waals surface area contributed by atoms with Crippen LogP contribution in [-0.2, 0) is 10.2 Å². The summed E-state index contributed by atoms with van der Waals surface area (Å²) in [5.41, 5.74) is 2.51. The highest BCUT2D eigenvalue weighted by molar-refractivity contribution is 5.99. The molecular formula is C26H24FN5O3. The Morgan fingerprint density at radius 3 is 2.43 bits per heavy atom. The number of carbonyl (C=O) groups is 1. The number of pyridine rings is 1. The number of nitrogens with zero attached hydrogens (tertiary/aromatic N) is 3. The second-order valence-electron chi connectivity index (χ2n) is 8.72. The van der Waals surface area contributed by atoms with Gasteiger partial charge >= 0.3 is 6.03 Å². The maximum Gasteiger partial charge on any atom is 0.324 e. The minimum absolute atomic E-state index is 0.0190. The van der Waals surface area contributed by atoms with Crippen molar-refractivity contribution in [1.82, 2.24) is 14.8 Å². The van der Waals surface area contributed by atoms with Crippen LogP contribution in [0.2, 0.25) is 0 Å². The highest BCUT2D eigenvalue weighted by Gasteiger charge is 2.38. The minimum atomic E-state index is -0.626. The van der Waals surface area contributed by atoms with Crippen LogP contribution in [0.3, 0.4) is 0 Å². The monoisotopic (exact) mass is 473 g/mol. The maximum atomic E-state index is 14.7. The predicted molar refractivity (Wildman–Crippen MR) is 130 cm³/mol. The topological polar surface area (TPSA) is 90.3 Å². The van der Waals surface area contributed by atoms with Crippen LogP contribution >= 0.6 is 0 Å². The summed E-state index contributed by atoms with van der Waals surface area (Å²) < 4.78 is 27.3. The summed E-state index contributed by atoms with van der Waals surface area (Å²) in [5.74, 6) is 0.674. The van der Waals surface area contributed by atoms with Crippen LogP contribution in [0.15, 0.2) is 73.1 Å². The van der Waals surface area contributed by atoms with Crippen molar-refractivity contribution in [2.45, 2.75) is 19.3 Å². The Bertz CT molecular complexity index is 1350. The van der Waals surface area contributed by atoms with E-state index in [0.29, 0.717) is 30.5 Å². The molecule has 2 aromatic heterocycles. The van der Waals surface area contributed by atoms with Crippen molar-refractivity contribution in [2.75, 3.05) is 23.8 Å². The Morgan fingerprint density at radius 2 is 1.77 bits per heavy atom. The molecule has 0 bridgehead atoms. The average molecular weight is 474 g/mol. The quantitative estimate of drug-likeness (QED) is 0.389. The maximum absolute atomic E-state index is 14.7. The molecule has 4 aromatic rings. The number of hydrogen-bond acceptors (Lipinski definition) is 5. The molecule has 2 aromatic carbocycles. The molecule has 0 aliphatic carbocycles. The Labute approximate surface area is 201 Å². The Morgan fingerprint density at radius 1 is 1.03 bits per heavy atom. The van der Waals surface area contributed by atoms with Gasteiger partial charge in [-0.2, -0.15) is 5.10 Å². The van der Waals surface area contributed by atoms with Gasteiger partial charge in [0.25, 0.3) is 0 Å². The molecule has 1 saturated heterocycles. The molecule has 2 amide bonds. The molecule has 9 heteroatoms. The number of carbonyl (C=O) groups excluding carboxylic acids is 1. The second kappa shape index (κ2) is 9.19. The van der Waals surface area contributed by atoms with E-state index in [4.69, 9.17) is 14.6 Å². The number of aryl methyl sites for hydroxylation is 1. The van der Waals surface area contributed by atoms with Crippen LogP contribution < -0.4 is 15.4 Å². The molecule has 1 aliphatic heterocycles. The summed E-state index contributed by atoms with van der Waals surface area (Å²) in [6.07, 6.45) is 3.16. The Balaban J connectivity index is 1.34. The van der Waals surface area contributed by atoms with E-state index in [2.05, 4.69) is 22.5 Å². The lowest BCUT2D eigenvalue weighted by Gasteiger charge is -2.36. The fourth-order valence-corrected chi connectivity index (χ4v) is 3.68. The van der Waals surface area contributed by atoms with Crippen molar-refractivity contribution in [1.29, 1.82) is 0 Å². The highest BCUT2D eigenvalue weighted by Crippen LogP contribution is 2.33. The van der Waals surface area contributed by atoms with Gasteiger partial charge in [0, 0.05) is 24.5 Å². The SMILES string of the molecule is Cc1ccc(-n2nc(C3(C)COC3)cc2NC(=O)Nc2ccc(Oc3ccncc3)cc2F)cc1. The number of anilines is 2. The number of urea groups is 1. The molecule has 35 heavy (non-hydrogen) atoms. The number of halogens is 1. The number of benzene rings is 2. The van der Waals surface area contributed by atoms with E-state index >= 15 is 0 Å². The molecule has 1 fully saturated rings. The first kappa shape index (κ1) is 22.5. The van der Waals surface area contributed by atoms with Crippen molar-refractivity contribution in [3.63, 3.8) is 0 Å². The molecule has 3 heterocycles. The number of ether oxygens (including phenoxy) is 2. The van der Waals surface area contributed by atoms with E-state index < -0.39 is 11.8 Å². The summed E-state index contributed by atoms with van der Waals surface area (Å²) in [5, 5.41) is 10.1. The summed E-state index contributed by atoms with van der Waals surface area (Å²) in [4.78, 5) is 16.7. The van der Waals surface area contributed by atoms with Gasteiger partial charge in [0.05, 0.1) is 35.7 Å². The van der Waals surface area contributed by atoms with Gasteiger partial charge in [0.1, 0.15) is 23.1 Å². The third-order valence-corrected chi connectivity index (χ3v) is 5.76. The van der Waals surface area contributed by atoms with Crippen molar-refractivity contribution in [3.8, 4) is 17.2 Å². The molecule has 0 atom stereocenters. The van der Waals surface area contributed by atoms with Gasteiger partial charge in [0.15, 0.2) is 0 Å². The molecule has 8 nitrogen and oxygen atoms in total. The molecular weight excluding hydrogens is 449 g/mol. The van der Waals surface area contributed by atoms with Crippen LogP contribution in [0, 0.1) is 12.7 Å². The molecule has 0 saturated carbocycles. The molecule has 1 aliphatic rings. The van der Waals surface area contributed by atoms with Gasteiger partial charge in [-0.25, -0.2) is 13.9 Å². The van der Waals surface area contributed by atoms with E-state index in [0.717, 1.165) is 16.9 Å². The summed E-state index contributed by atoms with van der Waals surface area (Å²) >= 11 is 0. The van der Waals surface area contributed by atoms with Crippen LogP contribution in [-0.4, -0.2) is 34.0 Å². The van der Waals surface area contributed by atoms with Crippen molar-refractivity contribution < 1.29 is 18.7 Å². The van der Waals surface area contributed by atoms with Gasteiger partial charge in [-0.1, -0.05) is 17.7 Å². The first-order chi connectivity index (χ1) is 16.9. The van der Waals surface area contributed by atoms with Gasteiger partial charge < -0.3 is 14.8 Å². The largest absolute Gasteiger partial charge is 0.457 e. The van der Waals surface area contributed by atoms with Crippen LogP contribution in [0.25, 0.3) is 5.69 Å². The molecule has 0 spiro atoms. The number of hydrogen-bond donors (Lipinski definition) is 2. The third-order valence-electron chi connectivity index (χ3n) is 5.76. The van der Waals surface area contributed by atoms with Gasteiger partial charge in [-0.3, -0.25) is 10.3 Å². The normalized spacial score (nSPS) is 14.1. The fraction of sp³-hybridized carbons (Fsp3) is 0.192. The number of rotatable bonds is 6. The van der Waals surface area contributed by atoms with Gasteiger partial charge in [-0.05, 0) is 50.2 Å². The van der Waals surface area contributed by atoms with E-state index in [9.17, 15) is 9.18 Å². The number of aromatic nitrogens is 3. The van der Waals surface area contributed by atoms with Crippen LogP contribution in [0.5, 0.6) is 11.5 Å². The smallest absolute Gasteiger partial charge is 0.324 e. The van der Waals surface area contributed by atoms with Gasteiger partial charge in [-0.15, -0.1) is 0 Å². The van der Waals surface area contributed by atoms with Crippen molar-refractivity contribution >= 4 is 17.5 Å². The molecule has 0 radical (unpaired) electrons. The third kappa shape index (κ3) is 4.85. The lowest BCUT2D eigenvalue weighted by Crippen LogP contribution is -2.44. The number of amides is 2. The lowest BCUT2D eigenvalue weighted by molar-refractivity contribution is -0.0522. The molecule has 5 rings (SSSR count). The van der Waals surface area contributed by atoms with E-state index in [1.807, 2.05) is 37.3 Å². The minimum Gasteiger partial charge on any atom is -0.457 e. The summed E-state index contributed by atoms with van der Waals surface area (Å²) in [6.45, 7) is 5.18. The zero-order valence-electron chi connectivity index (χ0n) is 19.3. The average Bonchev–Trinajstić information content (AvgIpc) is 3.24. The summed E-state index contributed by atoms with van der Waals surface area (Å²) in [7, 11) is 0. The Kier molecular flexibility index (Phi) is 5.92. The van der Waals surface area contributed by atoms with Crippen LogP contribution in [0.1, 0.15) is 18.2 Å². The first-order valence-electron chi connectivity index (χ1n) is 11.1. The van der Waals surface area contributed by atoms with Gasteiger partial charge in [0.2, 0.25) is 0 Å². The second-order valence-corrected chi connectivity index (χ2v) is 8.72. The Hall–Kier alpha value is -4.24. The zero-order valence-corrected chi connectivity index (χ0v) is 19.3. The summed E-state index contributed by atoms with van der Waals surface area (Å²) in [6, 6.07) is 16.6. The standard InChI is InChI=1S/C26H24FN5O3/c1-17-3-5-18(6-4-17)32-24(14-23(31-32)26(2)15-34-16-26)30-25(33)29-22-8-7-20(13-21(22)27)35-19-9-11-28-12-10-19/h3-14H,15-16H2,1-2H3,(H2,29,30,33). The number of nitrogens with one attached hydrogen (secondary N) is 2. The zero-order chi connectivity index (χ0) is 24.4. The highest BCUT2D eigenvalue weighted by atomic mass is 19.1. The predicted octanol–water partition coefficient (Wildman–Crippen LogP) is 5.44. The molecule has 178 valence electrons. The lowest BCUT2D eigenvalue weighted by atomic mass is 9.85.